The third-order valence-electron chi connectivity index (χ3n) is 6.65. The van der Waals surface area contributed by atoms with Crippen LogP contribution in [0.15, 0.2) is 34.7 Å². The number of hydrogen-bond donors (Lipinski definition) is 0. The van der Waals surface area contributed by atoms with Crippen molar-refractivity contribution >= 4 is 17.9 Å². The molecule has 1 aromatic carbocycles. The molecule has 10 heteroatoms. The Bertz CT molecular complexity index is 1010. The van der Waals surface area contributed by atoms with E-state index in [2.05, 4.69) is 10.2 Å². The van der Waals surface area contributed by atoms with Gasteiger partial charge in [0.1, 0.15) is 0 Å². The fourth-order valence-corrected chi connectivity index (χ4v) is 4.70. The van der Waals surface area contributed by atoms with Crippen molar-refractivity contribution in [3.63, 3.8) is 0 Å². The number of morpholine rings is 1. The molecule has 0 N–H and O–H groups in total. The fraction of sp³-hybridized carbons (Fsp3) is 0.577. The van der Waals surface area contributed by atoms with Gasteiger partial charge in [0.15, 0.2) is 6.10 Å². The van der Waals surface area contributed by atoms with E-state index in [0.29, 0.717) is 44.7 Å². The summed E-state index contributed by atoms with van der Waals surface area (Å²) in [6.45, 7) is 3.69. The summed E-state index contributed by atoms with van der Waals surface area (Å²) in [6.07, 6.45) is 4.61. The van der Waals surface area contributed by atoms with Crippen molar-refractivity contribution < 1.29 is 28.3 Å². The molecular formula is C26H34N4O6. The third kappa shape index (κ3) is 6.48. The van der Waals surface area contributed by atoms with E-state index in [1.807, 2.05) is 25.1 Å². The number of amides is 3. The van der Waals surface area contributed by atoms with E-state index in [4.69, 9.17) is 13.9 Å². The zero-order valence-electron chi connectivity index (χ0n) is 20.8. The average molecular weight is 499 g/mol. The molecule has 1 aliphatic carbocycles. The van der Waals surface area contributed by atoms with Gasteiger partial charge in [-0.1, -0.05) is 57.2 Å². The van der Waals surface area contributed by atoms with Crippen LogP contribution in [-0.4, -0.2) is 76.9 Å². The molecule has 0 spiro atoms. The molecule has 4 rings (SSSR count). The van der Waals surface area contributed by atoms with Crippen LogP contribution in [0.3, 0.4) is 0 Å². The number of nitrogens with zero attached hydrogens (tertiary/aromatic N) is 4. The summed E-state index contributed by atoms with van der Waals surface area (Å²) in [4.78, 5) is 42.6. The van der Waals surface area contributed by atoms with E-state index in [-0.39, 0.29) is 24.2 Å². The van der Waals surface area contributed by atoms with Crippen LogP contribution in [0.5, 0.6) is 0 Å². The number of rotatable bonds is 8. The lowest BCUT2D eigenvalue weighted by Gasteiger charge is -2.31. The van der Waals surface area contributed by atoms with Gasteiger partial charge in [-0.05, 0) is 30.9 Å². The number of benzene rings is 1. The van der Waals surface area contributed by atoms with Gasteiger partial charge in [-0.15, -0.1) is 10.2 Å². The van der Waals surface area contributed by atoms with Crippen molar-refractivity contribution in [3.8, 4) is 11.5 Å². The molecule has 1 saturated heterocycles. The Morgan fingerprint density at radius 2 is 1.81 bits per heavy atom. The Labute approximate surface area is 210 Å². The van der Waals surface area contributed by atoms with Crippen molar-refractivity contribution in [2.45, 2.75) is 58.0 Å². The maximum absolute atomic E-state index is 13.7. The van der Waals surface area contributed by atoms with Crippen LogP contribution in [0, 0.1) is 5.92 Å². The van der Waals surface area contributed by atoms with Gasteiger partial charge in [0.25, 0.3) is 5.91 Å². The van der Waals surface area contributed by atoms with Crippen LogP contribution in [0.2, 0.25) is 0 Å². The first kappa shape index (κ1) is 25.8. The van der Waals surface area contributed by atoms with Crippen LogP contribution < -0.4 is 0 Å². The zero-order valence-corrected chi connectivity index (χ0v) is 20.8. The predicted octanol–water partition coefficient (Wildman–Crippen LogP) is 3.92. The summed E-state index contributed by atoms with van der Waals surface area (Å²) < 4.78 is 16.7. The van der Waals surface area contributed by atoms with Gasteiger partial charge in [-0.2, -0.15) is 0 Å². The van der Waals surface area contributed by atoms with Crippen molar-refractivity contribution in [3.05, 3.63) is 36.2 Å². The monoisotopic (exact) mass is 498 g/mol. The molecule has 2 aliphatic rings. The van der Waals surface area contributed by atoms with Gasteiger partial charge in [-0.3, -0.25) is 14.5 Å². The Morgan fingerprint density at radius 1 is 1.08 bits per heavy atom. The molecule has 2 aromatic rings. The number of aromatic nitrogens is 2. The van der Waals surface area contributed by atoms with Crippen LogP contribution in [0.25, 0.3) is 11.5 Å². The van der Waals surface area contributed by atoms with E-state index in [1.54, 1.807) is 17.0 Å². The maximum Gasteiger partial charge on any atom is 0.410 e. The largest absolute Gasteiger partial charge is 0.436 e. The van der Waals surface area contributed by atoms with E-state index in [1.165, 1.54) is 6.42 Å². The Kier molecular flexibility index (Phi) is 9.05. The van der Waals surface area contributed by atoms with E-state index in [9.17, 15) is 14.4 Å². The van der Waals surface area contributed by atoms with Gasteiger partial charge < -0.3 is 18.8 Å². The van der Waals surface area contributed by atoms with Crippen LogP contribution in [0.4, 0.5) is 4.79 Å². The van der Waals surface area contributed by atoms with E-state index >= 15 is 0 Å². The second-order valence-corrected chi connectivity index (χ2v) is 9.28. The van der Waals surface area contributed by atoms with Crippen molar-refractivity contribution in [2.24, 2.45) is 5.92 Å². The van der Waals surface area contributed by atoms with Gasteiger partial charge in [-0.25, -0.2) is 4.79 Å². The standard InChI is InChI=1S/C26H34N4O6/c1-2-13-30(25(32)23-28-27-22(36-23)20-11-7-4-8-12-20)24(31)21(18-19-9-5-3-6-10-19)35-26(33)29-14-16-34-17-15-29/h4,7-8,11-12,19,21H,2-3,5-6,9-10,13-18H2,1H3. The number of carbonyl (C=O) groups excluding carboxylic acids is 3. The fourth-order valence-electron chi connectivity index (χ4n) is 4.70. The molecule has 36 heavy (non-hydrogen) atoms. The Morgan fingerprint density at radius 3 is 2.50 bits per heavy atom. The minimum Gasteiger partial charge on any atom is -0.436 e. The molecule has 0 radical (unpaired) electrons. The molecule has 1 aliphatic heterocycles. The van der Waals surface area contributed by atoms with Crippen LogP contribution >= 0.6 is 0 Å². The molecule has 3 amide bonds. The Hall–Kier alpha value is -3.27. The highest BCUT2D eigenvalue weighted by Crippen LogP contribution is 2.29. The molecule has 1 saturated carbocycles. The van der Waals surface area contributed by atoms with Crippen molar-refractivity contribution in [2.75, 3.05) is 32.8 Å². The van der Waals surface area contributed by atoms with E-state index < -0.39 is 24.0 Å². The molecular weight excluding hydrogens is 464 g/mol. The molecule has 1 atom stereocenters. The normalized spacial score (nSPS) is 17.4. The summed E-state index contributed by atoms with van der Waals surface area (Å²) in [5, 5.41) is 7.88. The quantitative estimate of drug-likeness (QED) is 0.538. The smallest absolute Gasteiger partial charge is 0.410 e. The lowest BCUT2D eigenvalue weighted by atomic mass is 9.85. The summed E-state index contributed by atoms with van der Waals surface area (Å²) >= 11 is 0. The van der Waals surface area contributed by atoms with E-state index in [0.717, 1.165) is 30.6 Å². The molecule has 0 bridgehead atoms. The Balaban J connectivity index is 1.53. The molecule has 1 unspecified atom stereocenters. The van der Waals surface area contributed by atoms with Gasteiger partial charge in [0, 0.05) is 25.2 Å². The molecule has 1 aromatic heterocycles. The first-order valence-corrected chi connectivity index (χ1v) is 12.8. The predicted molar refractivity (Wildman–Crippen MR) is 130 cm³/mol. The lowest BCUT2D eigenvalue weighted by molar-refractivity contribution is -0.139. The zero-order chi connectivity index (χ0) is 25.3. The summed E-state index contributed by atoms with van der Waals surface area (Å²) in [6, 6.07) is 9.10. The second kappa shape index (κ2) is 12.6. The van der Waals surface area contributed by atoms with Gasteiger partial charge >= 0.3 is 17.9 Å². The average Bonchev–Trinajstić information content (AvgIpc) is 3.43. The first-order valence-electron chi connectivity index (χ1n) is 12.8. The van der Waals surface area contributed by atoms with Crippen molar-refractivity contribution in [1.29, 1.82) is 0 Å². The van der Waals surface area contributed by atoms with Crippen LogP contribution in [0.1, 0.15) is 62.6 Å². The van der Waals surface area contributed by atoms with Crippen LogP contribution in [-0.2, 0) is 14.3 Å². The lowest BCUT2D eigenvalue weighted by Crippen LogP contribution is -2.49. The number of hydrogen-bond acceptors (Lipinski definition) is 8. The molecule has 2 fully saturated rings. The number of carbonyl (C=O) groups is 3. The maximum atomic E-state index is 13.7. The van der Waals surface area contributed by atoms with Gasteiger partial charge in [0.05, 0.1) is 13.2 Å². The highest BCUT2D eigenvalue weighted by molar-refractivity contribution is 6.04. The highest BCUT2D eigenvalue weighted by atomic mass is 16.6. The molecule has 194 valence electrons. The van der Waals surface area contributed by atoms with Crippen molar-refractivity contribution in [1.82, 2.24) is 20.0 Å². The molecule has 10 nitrogen and oxygen atoms in total. The minimum absolute atomic E-state index is 0.150. The highest BCUT2D eigenvalue weighted by Gasteiger charge is 2.37. The van der Waals surface area contributed by atoms with Gasteiger partial charge in [0.2, 0.25) is 5.89 Å². The summed E-state index contributed by atoms with van der Waals surface area (Å²) in [5.41, 5.74) is 0.673. The number of ether oxygens (including phenoxy) is 2. The summed E-state index contributed by atoms with van der Waals surface area (Å²) in [5.74, 6) is -1.05. The molecule has 2 heterocycles. The first-order chi connectivity index (χ1) is 17.6. The SMILES string of the molecule is CCCN(C(=O)c1nnc(-c2ccccc2)o1)C(=O)C(CC1CCCCC1)OC(=O)N1CCOCC1. The minimum atomic E-state index is -1.06. The second-order valence-electron chi connectivity index (χ2n) is 9.28. The topological polar surface area (TPSA) is 115 Å². The third-order valence-corrected chi connectivity index (χ3v) is 6.65. The summed E-state index contributed by atoms with van der Waals surface area (Å²) in [7, 11) is 0. The number of imide groups is 1.